The first kappa shape index (κ1) is 107. The minimum atomic E-state index is -4.93. The SMILES string of the molecule is CC/C=C\C/C=C\C/C=C\C/C=C\C/C=C\C/C=C\CCCCCCCCCCC(=O)OCC(COP(=O)(O)OCC(O)COP(=O)(O)OCC(O)COC(=O)CCCCCCCCCCCCCCCCCCCCC/C=C\C/C=C\C/C=C\C/C=C\CCCCC)OC(=O)CCCCCCCCCCCCCCC. The monoisotopic (exact) mass is 1600 g/mol. The van der Waals surface area contributed by atoms with Gasteiger partial charge in [0.05, 0.1) is 26.4 Å². The highest BCUT2D eigenvalue weighted by atomic mass is 31.2. The summed E-state index contributed by atoms with van der Waals surface area (Å²) in [6, 6.07) is 0. The van der Waals surface area contributed by atoms with E-state index in [2.05, 4.69) is 142 Å². The van der Waals surface area contributed by atoms with Crippen LogP contribution in [-0.4, -0.2) is 95.9 Å². The largest absolute Gasteiger partial charge is 0.472 e. The van der Waals surface area contributed by atoms with E-state index in [-0.39, 0.29) is 19.3 Å². The van der Waals surface area contributed by atoms with Crippen molar-refractivity contribution in [1.29, 1.82) is 0 Å². The summed E-state index contributed by atoms with van der Waals surface area (Å²) in [7, 11) is -9.79. The molecule has 0 aliphatic heterocycles. The van der Waals surface area contributed by atoms with Crippen molar-refractivity contribution in [3.05, 3.63) is 122 Å². The van der Waals surface area contributed by atoms with Gasteiger partial charge >= 0.3 is 33.6 Å². The molecule has 5 unspecified atom stereocenters. The maximum atomic E-state index is 13.0. The number of phosphoric ester groups is 2. The maximum Gasteiger partial charge on any atom is 0.472 e. The van der Waals surface area contributed by atoms with Crippen molar-refractivity contribution < 1.29 is 75.8 Å². The van der Waals surface area contributed by atoms with Crippen LogP contribution in [0.1, 0.15) is 393 Å². The van der Waals surface area contributed by atoms with Gasteiger partial charge in [0.25, 0.3) is 0 Å². The Kier molecular flexibility index (Phi) is 82.2. The van der Waals surface area contributed by atoms with E-state index in [1.165, 1.54) is 199 Å². The molecule has 0 aromatic carbocycles. The summed E-state index contributed by atoms with van der Waals surface area (Å²) >= 11 is 0. The number of carbonyl (C=O) groups excluding carboxylic acids is 3. The molecule has 642 valence electrons. The van der Waals surface area contributed by atoms with Crippen LogP contribution in [0.5, 0.6) is 0 Å². The number of phosphoric acid groups is 2. The van der Waals surface area contributed by atoms with Crippen LogP contribution >= 0.6 is 15.6 Å². The first-order valence-electron chi connectivity index (χ1n) is 44.8. The lowest BCUT2D eigenvalue weighted by molar-refractivity contribution is -0.161. The summed E-state index contributed by atoms with van der Waals surface area (Å²) in [5, 5.41) is 20.7. The third kappa shape index (κ3) is 86.6. The van der Waals surface area contributed by atoms with E-state index in [9.17, 15) is 43.5 Å². The highest BCUT2D eigenvalue weighted by molar-refractivity contribution is 7.47. The Bertz CT molecular complexity index is 2500. The normalized spacial score (nSPS) is 14.4. The van der Waals surface area contributed by atoms with Gasteiger partial charge in [0.1, 0.15) is 25.4 Å². The molecule has 0 amide bonds. The summed E-state index contributed by atoms with van der Waals surface area (Å²) in [6.07, 6.45) is 104. The number of esters is 3. The van der Waals surface area contributed by atoms with Crippen molar-refractivity contribution in [2.24, 2.45) is 0 Å². The number of allylic oxidation sites excluding steroid dienone is 20. The highest BCUT2D eigenvalue weighted by Crippen LogP contribution is 2.45. The molecule has 0 radical (unpaired) electrons. The predicted octanol–water partition coefficient (Wildman–Crippen LogP) is 27.2. The second-order valence-corrected chi connectivity index (χ2v) is 32.9. The number of unbranched alkanes of at least 4 members (excludes halogenated alkanes) is 42. The smallest absolute Gasteiger partial charge is 0.463 e. The Morgan fingerprint density at radius 1 is 0.261 bits per heavy atom. The zero-order valence-corrected chi connectivity index (χ0v) is 72.4. The number of rotatable bonds is 85. The van der Waals surface area contributed by atoms with Crippen molar-refractivity contribution in [2.45, 2.75) is 411 Å². The zero-order valence-electron chi connectivity index (χ0n) is 70.6. The van der Waals surface area contributed by atoms with Crippen LogP contribution in [0.15, 0.2) is 122 Å². The average molecular weight is 1600 g/mol. The molecule has 111 heavy (non-hydrogen) atoms. The first-order valence-corrected chi connectivity index (χ1v) is 47.8. The Morgan fingerprint density at radius 2 is 0.477 bits per heavy atom. The molecular formula is C93H164O16P2. The highest BCUT2D eigenvalue weighted by Gasteiger charge is 2.29. The van der Waals surface area contributed by atoms with Crippen LogP contribution in [0.4, 0.5) is 0 Å². The molecule has 0 aromatic heterocycles. The summed E-state index contributed by atoms with van der Waals surface area (Å²) in [6.45, 7) is 2.58. The van der Waals surface area contributed by atoms with Crippen LogP contribution in [0, 0.1) is 0 Å². The van der Waals surface area contributed by atoms with Gasteiger partial charge in [-0.2, -0.15) is 0 Å². The average Bonchev–Trinajstić information content (AvgIpc) is 0.918. The van der Waals surface area contributed by atoms with Gasteiger partial charge in [0, 0.05) is 19.3 Å². The zero-order chi connectivity index (χ0) is 80.8. The summed E-state index contributed by atoms with van der Waals surface area (Å²) in [5.41, 5.74) is 0. The van der Waals surface area contributed by atoms with Crippen molar-refractivity contribution in [2.75, 3.05) is 39.6 Å². The summed E-state index contributed by atoms with van der Waals surface area (Å²) < 4.78 is 61.3. The fraction of sp³-hybridized carbons (Fsp3) is 0.753. The third-order valence-electron chi connectivity index (χ3n) is 19.2. The third-order valence-corrected chi connectivity index (χ3v) is 21.1. The molecule has 0 saturated heterocycles. The van der Waals surface area contributed by atoms with Crippen molar-refractivity contribution in [3.8, 4) is 0 Å². The van der Waals surface area contributed by atoms with Crippen LogP contribution in [0.25, 0.3) is 0 Å². The molecule has 0 saturated carbocycles. The molecule has 0 rings (SSSR count). The van der Waals surface area contributed by atoms with Crippen LogP contribution in [0.2, 0.25) is 0 Å². The summed E-state index contributed by atoms with van der Waals surface area (Å²) in [5.74, 6) is -1.57. The molecule has 16 nitrogen and oxygen atoms in total. The van der Waals surface area contributed by atoms with Crippen molar-refractivity contribution in [3.63, 3.8) is 0 Å². The number of aliphatic hydroxyl groups excluding tert-OH is 2. The van der Waals surface area contributed by atoms with Crippen molar-refractivity contribution >= 4 is 33.6 Å². The molecule has 0 bridgehead atoms. The molecule has 4 N–H and O–H groups in total. The number of ether oxygens (including phenoxy) is 3. The summed E-state index contributed by atoms with van der Waals surface area (Å²) in [4.78, 5) is 58.8. The second kappa shape index (κ2) is 85.3. The van der Waals surface area contributed by atoms with Crippen LogP contribution in [-0.2, 0) is 55.8 Å². The molecule has 0 aromatic rings. The minimum absolute atomic E-state index is 0.105. The predicted molar refractivity (Wildman–Crippen MR) is 463 cm³/mol. The van der Waals surface area contributed by atoms with Crippen LogP contribution < -0.4 is 0 Å². The topological polar surface area (TPSA) is 231 Å². The fourth-order valence-electron chi connectivity index (χ4n) is 12.4. The van der Waals surface area contributed by atoms with E-state index in [1.54, 1.807) is 0 Å². The van der Waals surface area contributed by atoms with Gasteiger partial charge in [-0.1, -0.05) is 380 Å². The lowest BCUT2D eigenvalue weighted by atomic mass is 10.0. The van der Waals surface area contributed by atoms with E-state index in [0.717, 1.165) is 135 Å². The Labute approximate surface area is 678 Å². The molecule has 5 atom stereocenters. The molecule has 0 aliphatic carbocycles. The van der Waals surface area contributed by atoms with E-state index < -0.39 is 91.5 Å². The molecular weight excluding hydrogens is 1430 g/mol. The van der Waals surface area contributed by atoms with E-state index >= 15 is 0 Å². The maximum absolute atomic E-state index is 13.0. The van der Waals surface area contributed by atoms with Crippen molar-refractivity contribution in [1.82, 2.24) is 0 Å². The minimum Gasteiger partial charge on any atom is -0.463 e. The lowest BCUT2D eigenvalue weighted by Gasteiger charge is -2.21. The number of hydrogen-bond donors (Lipinski definition) is 4. The van der Waals surface area contributed by atoms with E-state index in [0.29, 0.717) is 19.3 Å². The van der Waals surface area contributed by atoms with Gasteiger partial charge in [0.15, 0.2) is 6.10 Å². The van der Waals surface area contributed by atoms with Gasteiger partial charge in [0.2, 0.25) is 0 Å². The van der Waals surface area contributed by atoms with Gasteiger partial charge < -0.3 is 34.2 Å². The molecule has 18 heteroatoms. The van der Waals surface area contributed by atoms with E-state index in [1.807, 2.05) is 0 Å². The number of aliphatic hydroxyl groups is 2. The Balaban J connectivity index is 4.39. The quantitative estimate of drug-likeness (QED) is 0.0146. The Morgan fingerprint density at radius 3 is 0.775 bits per heavy atom. The molecule has 0 fully saturated rings. The first-order chi connectivity index (χ1) is 54.2. The Hall–Kier alpha value is -4.05. The number of hydrogen-bond acceptors (Lipinski definition) is 14. The molecule has 0 heterocycles. The fourth-order valence-corrected chi connectivity index (χ4v) is 14.0. The van der Waals surface area contributed by atoms with Gasteiger partial charge in [-0.15, -0.1) is 0 Å². The standard InChI is InChI=1S/C93H164O16P2/c1-4-7-10-13-16-19-22-25-27-29-31-33-35-37-39-40-41-42-43-44-45-46-48-50-51-53-55-57-59-62-64-67-70-73-76-79-91(96)103-82-88(94)83-105-110(99,100)106-84-89(95)85-107-111(101,102)108-87-90(109-93(98)81-78-75-72-69-66-61-24-21-18-15-12-9-6-3)86-104-92(97)80-77-74-71-68-65-63-60-58-56-54-52-49-47-38-36-34-32-30-28-26-23-20-17-14-11-8-5-2/h8,11,16-17,19-20,25-28,31-34,37-39,47,52,54,88-90,94-95H,4-7,9-10,12-15,18,21-24,29-30,35-36,40-46,48-51,53,55-87H2,1-3H3,(H,99,100)(H,101,102)/b11-8-,19-16-,20-17-,27-25-,28-26-,33-31-,34-32-,39-37-,47-38-,54-52-. The number of carbonyl (C=O) groups is 3. The molecule has 0 spiro atoms. The van der Waals surface area contributed by atoms with Gasteiger partial charge in [-0.25, -0.2) is 9.13 Å². The molecule has 0 aliphatic rings. The van der Waals surface area contributed by atoms with Gasteiger partial charge in [-0.3, -0.25) is 32.5 Å². The van der Waals surface area contributed by atoms with Crippen LogP contribution in [0.3, 0.4) is 0 Å². The lowest BCUT2D eigenvalue weighted by Crippen LogP contribution is -2.30. The van der Waals surface area contributed by atoms with E-state index in [4.69, 9.17) is 32.3 Å². The van der Waals surface area contributed by atoms with Gasteiger partial charge in [-0.05, 0) is 116 Å². The second-order valence-electron chi connectivity index (χ2n) is 30.0.